The maximum atomic E-state index is 13.1. The number of benzene rings is 4. The molecular formula is C43H38Cl2N4O5. The molecule has 0 aliphatic carbocycles. The van der Waals surface area contributed by atoms with Gasteiger partial charge in [0.1, 0.15) is 23.9 Å². The number of hydrogen-bond donors (Lipinski definition) is 0. The molecule has 0 bridgehead atoms. The van der Waals surface area contributed by atoms with E-state index in [-0.39, 0.29) is 5.91 Å². The number of amides is 1. The Morgan fingerprint density at radius 2 is 1.56 bits per heavy atom. The first-order valence-electron chi connectivity index (χ1n) is 17.5. The maximum absolute atomic E-state index is 13.1. The Labute approximate surface area is 324 Å². The van der Waals surface area contributed by atoms with Gasteiger partial charge in [-0.15, -0.1) is 0 Å². The lowest BCUT2D eigenvalue weighted by Gasteiger charge is -2.34. The summed E-state index contributed by atoms with van der Waals surface area (Å²) in [4.78, 5) is 26.4. The van der Waals surface area contributed by atoms with Gasteiger partial charge in [-0.1, -0.05) is 47.5 Å². The summed E-state index contributed by atoms with van der Waals surface area (Å²) in [5, 5.41) is 2.12. The van der Waals surface area contributed by atoms with Crippen LogP contribution >= 0.6 is 23.2 Å². The second kappa shape index (κ2) is 17.0. The van der Waals surface area contributed by atoms with Crippen molar-refractivity contribution in [1.82, 2.24) is 19.8 Å². The quantitative estimate of drug-likeness (QED) is 0.114. The third kappa shape index (κ3) is 9.30. The highest BCUT2D eigenvalue weighted by Gasteiger charge is 2.20. The number of aromatic nitrogens is 2. The summed E-state index contributed by atoms with van der Waals surface area (Å²) in [5.41, 5.74) is 4.57. The third-order valence-corrected chi connectivity index (χ3v) is 9.69. The molecule has 4 aromatic carbocycles. The van der Waals surface area contributed by atoms with E-state index in [0.717, 1.165) is 53.0 Å². The molecule has 0 atom stereocenters. The van der Waals surface area contributed by atoms with Crippen molar-refractivity contribution in [3.8, 4) is 34.8 Å². The van der Waals surface area contributed by atoms with Crippen LogP contribution in [-0.2, 0) is 17.9 Å². The summed E-state index contributed by atoms with van der Waals surface area (Å²) in [6, 6.07) is 32.3. The molecule has 0 radical (unpaired) electrons. The number of carbonyl (C=O) groups excluding carboxylic acids is 1. The number of pyridine rings is 2. The van der Waals surface area contributed by atoms with Crippen molar-refractivity contribution in [2.24, 2.45) is 0 Å². The van der Waals surface area contributed by atoms with Crippen molar-refractivity contribution < 1.29 is 23.7 Å². The molecule has 1 saturated heterocycles. The molecule has 11 heteroatoms. The molecule has 0 spiro atoms. The van der Waals surface area contributed by atoms with Gasteiger partial charge >= 0.3 is 0 Å². The Balaban J connectivity index is 0.883. The van der Waals surface area contributed by atoms with Gasteiger partial charge in [-0.25, -0.2) is 9.97 Å². The Bertz CT molecular complexity index is 2250. The summed E-state index contributed by atoms with van der Waals surface area (Å²) in [7, 11) is 1.63. The number of aryl methyl sites for hydroxylation is 1. The number of hydrogen-bond acceptors (Lipinski definition) is 8. The van der Waals surface area contributed by atoms with Crippen molar-refractivity contribution >= 4 is 46.1 Å². The van der Waals surface area contributed by atoms with Gasteiger partial charge in [-0.2, -0.15) is 0 Å². The predicted molar refractivity (Wildman–Crippen MR) is 212 cm³/mol. The van der Waals surface area contributed by atoms with E-state index in [1.54, 1.807) is 43.7 Å². The smallest absolute Gasteiger partial charge is 0.246 e. The lowest BCUT2D eigenvalue weighted by Crippen LogP contribution is -2.47. The summed E-state index contributed by atoms with van der Waals surface area (Å²) >= 11 is 12.9. The van der Waals surface area contributed by atoms with Gasteiger partial charge in [0, 0.05) is 66.9 Å². The number of ether oxygens (including phenoxy) is 4. The fourth-order valence-corrected chi connectivity index (χ4v) is 6.61. The van der Waals surface area contributed by atoms with Crippen LogP contribution in [0.2, 0.25) is 10.0 Å². The van der Waals surface area contributed by atoms with Gasteiger partial charge in [-0.3, -0.25) is 9.69 Å². The third-order valence-electron chi connectivity index (χ3n) is 9.04. The molecule has 1 aliphatic rings. The van der Waals surface area contributed by atoms with Crippen LogP contribution in [0.15, 0.2) is 115 Å². The standard InChI is InChI=1S/C43H38Cl2N4O5/c1-29-23-30(25-38(45)43(29)54-40-17-14-36(26-46-40)52-28-33-5-3-4-6-37(33)44)8-18-42(50)49-21-19-48(20-22-49)27-31-7-15-39-32(24-31)9-16-41(47-39)53-35-12-10-34(51-2)11-13-35/h3-18,23-26H,19-22,27-28H2,1-2H3/b18-8+. The summed E-state index contributed by atoms with van der Waals surface area (Å²) < 4.78 is 23.0. The van der Waals surface area contributed by atoms with Gasteiger partial charge in [0.15, 0.2) is 5.75 Å². The van der Waals surface area contributed by atoms with Crippen LogP contribution in [0.5, 0.6) is 34.8 Å². The highest BCUT2D eigenvalue weighted by molar-refractivity contribution is 6.32. The molecule has 2 aromatic heterocycles. The highest BCUT2D eigenvalue weighted by atomic mass is 35.5. The van der Waals surface area contributed by atoms with Gasteiger partial charge in [0.2, 0.25) is 17.7 Å². The number of piperazine rings is 1. The molecule has 9 nitrogen and oxygen atoms in total. The average molecular weight is 762 g/mol. The van der Waals surface area contributed by atoms with E-state index in [1.807, 2.05) is 84.6 Å². The summed E-state index contributed by atoms with van der Waals surface area (Å²) in [5.74, 6) is 3.44. The largest absolute Gasteiger partial charge is 0.497 e. The van der Waals surface area contributed by atoms with Crippen LogP contribution in [-0.4, -0.2) is 59.0 Å². The van der Waals surface area contributed by atoms with Crippen LogP contribution in [0.4, 0.5) is 0 Å². The highest BCUT2D eigenvalue weighted by Crippen LogP contribution is 2.34. The van der Waals surface area contributed by atoms with Crippen LogP contribution in [0, 0.1) is 6.92 Å². The van der Waals surface area contributed by atoms with Crippen LogP contribution in [0.25, 0.3) is 17.0 Å². The number of fused-ring (bicyclic) bond motifs is 1. The number of nitrogens with zero attached hydrogens (tertiary/aromatic N) is 4. The monoisotopic (exact) mass is 760 g/mol. The normalized spacial score (nSPS) is 13.3. The lowest BCUT2D eigenvalue weighted by atomic mass is 10.1. The van der Waals surface area contributed by atoms with Gasteiger partial charge in [-0.05, 0) is 96.4 Å². The zero-order valence-electron chi connectivity index (χ0n) is 29.9. The molecule has 1 amide bonds. The molecule has 6 aromatic rings. The van der Waals surface area contributed by atoms with Crippen molar-refractivity contribution in [3.05, 3.63) is 148 Å². The lowest BCUT2D eigenvalue weighted by molar-refractivity contribution is -0.127. The van der Waals surface area contributed by atoms with Crippen molar-refractivity contribution in [2.45, 2.75) is 20.1 Å². The molecule has 0 saturated carbocycles. The Hall–Kier alpha value is -5.61. The van der Waals surface area contributed by atoms with E-state index >= 15 is 0 Å². The molecule has 7 rings (SSSR count). The second-order valence-electron chi connectivity index (χ2n) is 12.9. The zero-order chi connectivity index (χ0) is 37.4. The maximum Gasteiger partial charge on any atom is 0.246 e. The fraction of sp³-hybridized carbons (Fsp3) is 0.186. The zero-order valence-corrected chi connectivity index (χ0v) is 31.4. The van der Waals surface area contributed by atoms with E-state index in [2.05, 4.69) is 27.0 Å². The fourth-order valence-electron chi connectivity index (χ4n) is 6.11. The number of rotatable bonds is 12. The molecule has 274 valence electrons. The van der Waals surface area contributed by atoms with Gasteiger partial charge in [0.05, 0.1) is 23.8 Å². The van der Waals surface area contributed by atoms with Gasteiger partial charge in [0.25, 0.3) is 0 Å². The minimum Gasteiger partial charge on any atom is -0.497 e. The minimum absolute atomic E-state index is 0.0331. The summed E-state index contributed by atoms with van der Waals surface area (Å²) in [6.07, 6.45) is 4.99. The van der Waals surface area contributed by atoms with E-state index in [0.29, 0.717) is 58.8 Å². The van der Waals surface area contributed by atoms with Crippen molar-refractivity contribution in [1.29, 1.82) is 0 Å². The van der Waals surface area contributed by atoms with Crippen LogP contribution in [0.1, 0.15) is 22.3 Å². The first kappa shape index (κ1) is 36.7. The van der Waals surface area contributed by atoms with E-state index < -0.39 is 0 Å². The van der Waals surface area contributed by atoms with E-state index in [1.165, 1.54) is 5.56 Å². The Morgan fingerprint density at radius 1 is 0.796 bits per heavy atom. The SMILES string of the molecule is COc1ccc(Oc2ccc3cc(CN4CCN(C(=O)/C=C/c5cc(C)c(Oc6ccc(OCc7ccccc7Cl)cn6)c(Cl)c5)CC4)ccc3n2)cc1. The first-order chi connectivity index (χ1) is 26.3. The number of methoxy groups -OCH3 is 1. The van der Waals surface area contributed by atoms with Crippen molar-refractivity contribution in [3.63, 3.8) is 0 Å². The first-order valence-corrected chi connectivity index (χ1v) is 18.3. The molecular weight excluding hydrogens is 723 g/mol. The molecule has 1 fully saturated rings. The topological polar surface area (TPSA) is 86.3 Å². The van der Waals surface area contributed by atoms with Crippen molar-refractivity contribution in [2.75, 3.05) is 33.3 Å². The molecule has 0 N–H and O–H groups in total. The summed E-state index contributed by atoms with van der Waals surface area (Å²) in [6.45, 7) is 5.88. The molecule has 1 aliphatic heterocycles. The number of halogens is 2. The van der Waals surface area contributed by atoms with E-state index in [9.17, 15) is 4.79 Å². The Kier molecular flexibility index (Phi) is 11.6. The predicted octanol–water partition coefficient (Wildman–Crippen LogP) is 9.77. The number of carbonyl (C=O) groups is 1. The average Bonchev–Trinajstić information content (AvgIpc) is 3.19. The van der Waals surface area contributed by atoms with E-state index in [4.69, 9.17) is 42.1 Å². The molecule has 54 heavy (non-hydrogen) atoms. The van der Waals surface area contributed by atoms with Gasteiger partial charge < -0.3 is 23.8 Å². The van der Waals surface area contributed by atoms with Crippen LogP contribution in [0.3, 0.4) is 0 Å². The minimum atomic E-state index is -0.0331. The second-order valence-corrected chi connectivity index (χ2v) is 13.7. The molecule has 3 heterocycles. The molecule has 0 unspecified atom stereocenters. The Morgan fingerprint density at radius 3 is 2.30 bits per heavy atom. The van der Waals surface area contributed by atoms with Crippen LogP contribution < -0.4 is 18.9 Å².